The zero-order valence-electron chi connectivity index (χ0n) is 9.27. The van der Waals surface area contributed by atoms with Crippen molar-refractivity contribution >= 4 is 23.3 Å². The number of hydrogen-bond donors (Lipinski definition) is 1. The highest BCUT2D eigenvalue weighted by Crippen LogP contribution is 2.30. The number of halogens is 1. The summed E-state index contributed by atoms with van der Waals surface area (Å²) < 4.78 is 0. The largest absolute Gasteiger partial charge is 0.354 e. The molecular formula is C11H13ClN4O. The number of hydrogen-bond acceptors (Lipinski definition) is 4. The minimum Gasteiger partial charge on any atom is -0.354 e. The van der Waals surface area contributed by atoms with Crippen LogP contribution in [0.2, 0.25) is 5.28 Å². The van der Waals surface area contributed by atoms with Crippen LogP contribution < -0.4 is 10.2 Å². The van der Waals surface area contributed by atoms with E-state index in [2.05, 4.69) is 20.2 Å². The van der Waals surface area contributed by atoms with E-state index in [-0.39, 0.29) is 23.2 Å². The van der Waals surface area contributed by atoms with E-state index in [1.165, 1.54) is 0 Å². The normalized spacial score (nSPS) is 27.8. The van der Waals surface area contributed by atoms with Crippen molar-refractivity contribution in [1.29, 1.82) is 0 Å². The first-order valence-electron chi connectivity index (χ1n) is 5.78. The number of aromatic nitrogens is 2. The van der Waals surface area contributed by atoms with E-state index in [0.29, 0.717) is 6.54 Å². The third-order valence-electron chi connectivity index (χ3n) is 3.51. The summed E-state index contributed by atoms with van der Waals surface area (Å²) in [6.07, 6.45) is 3.63. The van der Waals surface area contributed by atoms with Gasteiger partial charge in [0, 0.05) is 19.3 Å². The number of anilines is 1. The maximum atomic E-state index is 11.7. The average Bonchev–Trinajstić information content (AvgIpc) is 2.71. The van der Waals surface area contributed by atoms with Gasteiger partial charge in [-0.25, -0.2) is 9.97 Å². The molecule has 90 valence electrons. The Bertz CT molecular complexity index is 453. The number of nitrogens with zero attached hydrogens (tertiary/aromatic N) is 3. The van der Waals surface area contributed by atoms with Crippen LogP contribution >= 0.6 is 11.6 Å². The van der Waals surface area contributed by atoms with Gasteiger partial charge in [0.15, 0.2) is 0 Å². The summed E-state index contributed by atoms with van der Waals surface area (Å²) in [5.41, 5.74) is 0. The van der Waals surface area contributed by atoms with E-state index < -0.39 is 0 Å². The summed E-state index contributed by atoms with van der Waals surface area (Å²) in [5.74, 6) is 1.08. The van der Waals surface area contributed by atoms with Gasteiger partial charge in [-0.2, -0.15) is 0 Å². The molecule has 0 bridgehead atoms. The third kappa shape index (κ3) is 1.84. The molecule has 1 amide bonds. The molecule has 2 atom stereocenters. The highest BCUT2D eigenvalue weighted by Gasteiger charge is 2.41. The lowest BCUT2D eigenvalue weighted by Crippen LogP contribution is -2.46. The number of amides is 1. The smallest absolute Gasteiger partial charge is 0.225 e. The molecule has 2 aliphatic heterocycles. The second-order valence-corrected chi connectivity index (χ2v) is 4.78. The first-order chi connectivity index (χ1) is 8.25. The van der Waals surface area contributed by atoms with Crippen molar-refractivity contribution in [3.63, 3.8) is 0 Å². The van der Waals surface area contributed by atoms with Gasteiger partial charge >= 0.3 is 0 Å². The van der Waals surface area contributed by atoms with Crippen LogP contribution in [0, 0.1) is 5.92 Å². The summed E-state index contributed by atoms with van der Waals surface area (Å²) in [7, 11) is 0. The molecule has 2 unspecified atom stereocenters. The second-order valence-electron chi connectivity index (χ2n) is 4.44. The molecule has 5 nitrogen and oxygen atoms in total. The highest BCUT2D eigenvalue weighted by atomic mass is 35.5. The topological polar surface area (TPSA) is 58.1 Å². The fraction of sp³-hybridized carbons (Fsp3) is 0.545. The van der Waals surface area contributed by atoms with Crippen molar-refractivity contribution in [2.45, 2.75) is 18.9 Å². The Balaban J connectivity index is 1.90. The van der Waals surface area contributed by atoms with E-state index in [4.69, 9.17) is 11.6 Å². The number of nitrogens with one attached hydrogen (secondary N) is 1. The molecule has 3 rings (SSSR count). The Morgan fingerprint density at radius 1 is 1.53 bits per heavy atom. The Labute approximate surface area is 104 Å². The lowest BCUT2D eigenvalue weighted by atomic mass is 9.91. The fourth-order valence-electron chi connectivity index (χ4n) is 2.72. The summed E-state index contributed by atoms with van der Waals surface area (Å²) in [6, 6.07) is 2.05. The first-order valence-corrected chi connectivity index (χ1v) is 6.16. The number of carbonyl (C=O) groups excluding carboxylic acids is 1. The molecule has 0 aromatic carbocycles. The van der Waals surface area contributed by atoms with Gasteiger partial charge in [0.25, 0.3) is 0 Å². The van der Waals surface area contributed by atoms with Gasteiger partial charge < -0.3 is 10.2 Å². The summed E-state index contributed by atoms with van der Waals surface area (Å²) in [6.45, 7) is 1.62. The molecule has 0 saturated carbocycles. The second kappa shape index (κ2) is 4.14. The van der Waals surface area contributed by atoms with Crippen LogP contribution in [-0.2, 0) is 4.79 Å². The Kier molecular flexibility index (Phi) is 2.63. The van der Waals surface area contributed by atoms with Crippen LogP contribution in [0.15, 0.2) is 12.3 Å². The van der Waals surface area contributed by atoms with Crippen LogP contribution in [-0.4, -0.2) is 35.0 Å². The fourth-order valence-corrected chi connectivity index (χ4v) is 2.86. The number of fused-ring (bicyclic) bond motifs is 1. The predicted octanol–water partition coefficient (Wildman–Crippen LogP) is 0.845. The maximum absolute atomic E-state index is 11.7. The van der Waals surface area contributed by atoms with Crippen LogP contribution in [0.5, 0.6) is 0 Å². The Morgan fingerprint density at radius 2 is 2.41 bits per heavy atom. The van der Waals surface area contributed by atoms with E-state index in [1.807, 2.05) is 6.07 Å². The zero-order chi connectivity index (χ0) is 11.8. The van der Waals surface area contributed by atoms with Gasteiger partial charge in [0.05, 0.1) is 12.0 Å². The van der Waals surface area contributed by atoms with Crippen LogP contribution in [0.25, 0.3) is 0 Å². The van der Waals surface area contributed by atoms with E-state index in [1.54, 1.807) is 6.20 Å². The summed E-state index contributed by atoms with van der Waals surface area (Å²) in [4.78, 5) is 21.9. The van der Waals surface area contributed by atoms with Crippen molar-refractivity contribution < 1.29 is 4.79 Å². The zero-order valence-corrected chi connectivity index (χ0v) is 10.0. The molecule has 17 heavy (non-hydrogen) atoms. The third-order valence-corrected chi connectivity index (χ3v) is 3.69. The van der Waals surface area contributed by atoms with Crippen molar-refractivity contribution in [3.8, 4) is 0 Å². The molecule has 1 aromatic rings. The van der Waals surface area contributed by atoms with Crippen LogP contribution in [0.4, 0.5) is 5.82 Å². The standard InChI is InChI=1S/C11H13ClN4O/c12-11-13-4-3-9(15-11)16-5-1-2-7-8(16)6-14-10(7)17/h3-4,7-8H,1-2,5-6H2,(H,14,17). The Hall–Kier alpha value is -1.36. The minimum absolute atomic E-state index is 0.0949. The lowest BCUT2D eigenvalue weighted by Gasteiger charge is -2.36. The van der Waals surface area contributed by atoms with Crippen molar-refractivity contribution in [3.05, 3.63) is 17.5 Å². The van der Waals surface area contributed by atoms with Crippen molar-refractivity contribution in [2.75, 3.05) is 18.0 Å². The maximum Gasteiger partial charge on any atom is 0.225 e. The molecule has 1 N–H and O–H groups in total. The monoisotopic (exact) mass is 252 g/mol. The molecular weight excluding hydrogens is 240 g/mol. The highest BCUT2D eigenvalue weighted by molar-refractivity contribution is 6.28. The first kappa shape index (κ1) is 10.8. The Morgan fingerprint density at radius 3 is 3.24 bits per heavy atom. The molecule has 2 saturated heterocycles. The van der Waals surface area contributed by atoms with Gasteiger partial charge in [0.1, 0.15) is 5.82 Å². The van der Waals surface area contributed by atoms with E-state index in [9.17, 15) is 4.79 Å². The van der Waals surface area contributed by atoms with E-state index >= 15 is 0 Å². The van der Waals surface area contributed by atoms with Gasteiger partial charge in [-0.1, -0.05) is 0 Å². The number of rotatable bonds is 1. The molecule has 0 aliphatic carbocycles. The van der Waals surface area contributed by atoms with Gasteiger partial charge in [-0.3, -0.25) is 4.79 Å². The van der Waals surface area contributed by atoms with Crippen molar-refractivity contribution in [2.24, 2.45) is 5.92 Å². The molecule has 3 heterocycles. The van der Waals surface area contributed by atoms with Crippen LogP contribution in [0.3, 0.4) is 0 Å². The lowest BCUT2D eigenvalue weighted by molar-refractivity contribution is -0.122. The van der Waals surface area contributed by atoms with Crippen molar-refractivity contribution in [1.82, 2.24) is 15.3 Å². The molecule has 6 heteroatoms. The quantitative estimate of drug-likeness (QED) is 0.753. The van der Waals surface area contributed by atoms with Crippen LogP contribution in [0.1, 0.15) is 12.8 Å². The molecule has 2 fully saturated rings. The number of piperidine rings is 1. The summed E-state index contributed by atoms with van der Waals surface area (Å²) in [5, 5.41) is 3.17. The predicted molar refractivity (Wildman–Crippen MR) is 63.9 cm³/mol. The molecule has 0 spiro atoms. The SMILES string of the molecule is O=C1NCC2C1CCCN2c1ccnc(Cl)n1. The van der Waals surface area contributed by atoms with Gasteiger partial charge in [-0.15, -0.1) is 0 Å². The summed E-state index contributed by atoms with van der Waals surface area (Å²) >= 11 is 5.80. The molecule has 1 aromatic heterocycles. The minimum atomic E-state index is 0.0949. The molecule has 2 aliphatic rings. The van der Waals surface area contributed by atoms with E-state index in [0.717, 1.165) is 25.2 Å². The molecule has 0 radical (unpaired) electrons. The number of carbonyl (C=O) groups is 1. The average molecular weight is 253 g/mol. The van der Waals surface area contributed by atoms with Gasteiger partial charge in [-0.05, 0) is 30.5 Å². The van der Waals surface area contributed by atoms with Gasteiger partial charge in [0.2, 0.25) is 11.2 Å².